The quantitative estimate of drug-likeness (QED) is 0.877. The van der Waals surface area contributed by atoms with E-state index in [9.17, 15) is 9.59 Å². The molecule has 2 aromatic rings. The molecule has 2 aliphatic rings. The number of rotatable bonds is 4. The molecule has 1 aliphatic carbocycles. The third-order valence-electron chi connectivity index (χ3n) is 4.60. The molecule has 7 nitrogen and oxygen atoms in total. The fourth-order valence-corrected chi connectivity index (χ4v) is 3.30. The van der Waals surface area contributed by atoms with Gasteiger partial charge in [-0.25, -0.2) is 4.98 Å². The van der Waals surface area contributed by atoms with E-state index in [1.807, 2.05) is 18.2 Å². The van der Waals surface area contributed by atoms with E-state index in [4.69, 9.17) is 9.47 Å². The molecule has 0 bridgehead atoms. The Hall–Kier alpha value is -2.83. The lowest BCUT2D eigenvalue weighted by Gasteiger charge is -2.35. The summed E-state index contributed by atoms with van der Waals surface area (Å²) < 4.78 is 10.6. The number of H-pyrrole nitrogens is 1. The van der Waals surface area contributed by atoms with Gasteiger partial charge in [-0.1, -0.05) is 6.07 Å². The Morgan fingerprint density at radius 2 is 2.08 bits per heavy atom. The SMILES string of the molecule is Cc1nc(C2CC(NC(=O)Cc3ccc4c(c3)OCO4)C2)cc(=O)[nH]1. The van der Waals surface area contributed by atoms with Crippen LogP contribution in [0, 0.1) is 6.92 Å². The minimum absolute atomic E-state index is 0.0163. The molecule has 1 aliphatic heterocycles. The molecular formula is C18H19N3O4. The van der Waals surface area contributed by atoms with Crippen molar-refractivity contribution < 1.29 is 14.3 Å². The molecule has 25 heavy (non-hydrogen) atoms. The van der Waals surface area contributed by atoms with E-state index in [1.54, 1.807) is 13.0 Å². The number of hydrogen-bond donors (Lipinski definition) is 2. The zero-order valence-electron chi connectivity index (χ0n) is 13.9. The normalized spacial score (nSPS) is 20.8. The van der Waals surface area contributed by atoms with Crippen LogP contribution in [-0.2, 0) is 11.2 Å². The molecule has 1 fully saturated rings. The van der Waals surface area contributed by atoms with Gasteiger partial charge in [-0.05, 0) is 37.5 Å². The van der Waals surface area contributed by atoms with Gasteiger partial charge >= 0.3 is 0 Å². The zero-order chi connectivity index (χ0) is 17.4. The van der Waals surface area contributed by atoms with E-state index >= 15 is 0 Å². The van der Waals surface area contributed by atoms with E-state index < -0.39 is 0 Å². The Morgan fingerprint density at radius 1 is 1.28 bits per heavy atom. The number of nitrogens with one attached hydrogen (secondary N) is 2. The fourth-order valence-electron chi connectivity index (χ4n) is 3.30. The average Bonchev–Trinajstić information content (AvgIpc) is 2.97. The van der Waals surface area contributed by atoms with Gasteiger partial charge in [0.25, 0.3) is 5.56 Å². The van der Waals surface area contributed by atoms with Gasteiger partial charge in [0.2, 0.25) is 12.7 Å². The molecule has 1 aromatic heterocycles. The molecule has 0 saturated heterocycles. The molecule has 130 valence electrons. The summed E-state index contributed by atoms with van der Waals surface area (Å²) in [6.07, 6.45) is 1.92. The first-order valence-corrected chi connectivity index (χ1v) is 8.32. The van der Waals surface area contributed by atoms with Gasteiger partial charge in [0.05, 0.1) is 12.1 Å². The molecular weight excluding hydrogens is 322 g/mol. The molecule has 0 unspecified atom stereocenters. The molecule has 1 amide bonds. The molecule has 7 heteroatoms. The summed E-state index contributed by atoms with van der Waals surface area (Å²) in [4.78, 5) is 30.8. The summed E-state index contributed by atoms with van der Waals surface area (Å²) in [6, 6.07) is 7.22. The highest BCUT2D eigenvalue weighted by Crippen LogP contribution is 2.36. The van der Waals surface area contributed by atoms with Gasteiger partial charge in [-0.2, -0.15) is 0 Å². The Balaban J connectivity index is 1.30. The number of benzene rings is 1. The first-order valence-electron chi connectivity index (χ1n) is 8.32. The number of amides is 1. The summed E-state index contributed by atoms with van der Waals surface area (Å²) in [5.41, 5.74) is 1.57. The van der Waals surface area contributed by atoms with Crippen molar-refractivity contribution in [3.8, 4) is 11.5 Å². The topological polar surface area (TPSA) is 93.3 Å². The number of aryl methyl sites for hydroxylation is 1. The second kappa shape index (κ2) is 6.23. The minimum atomic E-state index is -0.127. The standard InChI is InChI=1S/C18H19N3O4/c1-10-19-14(8-18(23)20-10)12-6-13(7-12)21-17(22)5-11-2-3-15-16(4-11)25-9-24-15/h2-4,8,12-13H,5-7,9H2,1H3,(H,21,22)(H,19,20,23). The minimum Gasteiger partial charge on any atom is -0.454 e. The fraction of sp³-hybridized carbons (Fsp3) is 0.389. The van der Waals surface area contributed by atoms with Crippen molar-refractivity contribution in [2.75, 3.05) is 6.79 Å². The van der Waals surface area contributed by atoms with E-state index in [-0.39, 0.29) is 30.2 Å². The van der Waals surface area contributed by atoms with Crippen LogP contribution >= 0.6 is 0 Å². The number of carbonyl (C=O) groups excluding carboxylic acids is 1. The highest BCUT2D eigenvalue weighted by molar-refractivity contribution is 5.79. The van der Waals surface area contributed by atoms with E-state index in [0.29, 0.717) is 23.7 Å². The summed E-state index contributed by atoms with van der Waals surface area (Å²) in [6.45, 7) is 2.00. The number of nitrogens with zero attached hydrogens (tertiary/aromatic N) is 1. The maximum Gasteiger partial charge on any atom is 0.251 e. The smallest absolute Gasteiger partial charge is 0.251 e. The molecule has 0 radical (unpaired) electrons. The van der Waals surface area contributed by atoms with E-state index in [0.717, 1.165) is 24.1 Å². The van der Waals surface area contributed by atoms with Gasteiger partial charge in [-0.3, -0.25) is 9.59 Å². The third kappa shape index (κ3) is 3.35. The number of aromatic nitrogens is 2. The number of aromatic amines is 1. The van der Waals surface area contributed by atoms with Crippen LogP contribution in [0.5, 0.6) is 11.5 Å². The van der Waals surface area contributed by atoms with Crippen molar-refractivity contribution in [2.24, 2.45) is 0 Å². The van der Waals surface area contributed by atoms with Gasteiger partial charge in [0.15, 0.2) is 11.5 Å². The lowest BCUT2D eigenvalue weighted by molar-refractivity contribution is -0.121. The van der Waals surface area contributed by atoms with Crippen molar-refractivity contribution in [1.29, 1.82) is 0 Å². The van der Waals surface area contributed by atoms with Crippen LogP contribution in [0.4, 0.5) is 0 Å². The molecule has 0 spiro atoms. The van der Waals surface area contributed by atoms with Crippen molar-refractivity contribution >= 4 is 5.91 Å². The number of hydrogen-bond acceptors (Lipinski definition) is 5. The Labute approximate surface area is 144 Å². The molecule has 2 heterocycles. The van der Waals surface area contributed by atoms with E-state index in [1.165, 1.54) is 0 Å². The average molecular weight is 341 g/mol. The lowest BCUT2D eigenvalue weighted by Crippen LogP contribution is -2.44. The van der Waals surface area contributed by atoms with Crippen LogP contribution in [0.15, 0.2) is 29.1 Å². The summed E-state index contributed by atoms with van der Waals surface area (Å²) in [7, 11) is 0. The van der Waals surface area contributed by atoms with Crippen LogP contribution < -0.4 is 20.3 Å². The molecule has 1 aromatic carbocycles. The molecule has 2 N–H and O–H groups in total. The third-order valence-corrected chi connectivity index (χ3v) is 4.60. The second-order valence-electron chi connectivity index (χ2n) is 6.55. The van der Waals surface area contributed by atoms with Crippen molar-refractivity contribution in [3.05, 3.63) is 51.7 Å². The Bertz CT molecular complexity index is 871. The second-order valence-corrected chi connectivity index (χ2v) is 6.55. The van der Waals surface area contributed by atoms with E-state index in [2.05, 4.69) is 15.3 Å². The first kappa shape index (κ1) is 15.7. The Morgan fingerprint density at radius 3 is 2.88 bits per heavy atom. The number of ether oxygens (including phenoxy) is 2. The molecule has 0 atom stereocenters. The predicted molar refractivity (Wildman–Crippen MR) is 89.8 cm³/mol. The van der Waals surface area contributed by atoms with Crippen LogP contribution in [0.25, 0.3) is 0 Å². The Kier molecular flexibility index (Phi) is 3.91. The molecule has 4 rings (SSSR count). The summed E-state index contributed by atoms with van der Waals surface area (Å²) >= 11 is 0. The maximum absolute atomic E-state index is 12.2. The van der Waals surface area contributed by atoms with Gasteiger partial charge < -0.3 is 19.8 Å². The van der Waals surface area contributed by atoms with Crippen LogP contribution in [-0.4, -0.2) is 28.7 Å². The summed E-state index contributed by atoms with van der Waals surface area (Å²) in [5.74, 6) is 2.24. The van der Waals surface area contributed by atoms with Crippen LogP contribution in [0.3, 0.4) is 0 Å². The number of fused-ring (bicyclic) bond motifs is 1. The predicted octanol–water partition coefficient (Wildman–Crippen LogP) is 1.41. The molecule has 1 saturated carbocycles. The zero-order valence-corrected chi connectivity index (χ0v) is 13.9. The van der Waals surface area contributed by atoms with Crippen molar-refractivity contribution in [2.45, 2.75) is 38.1 Å². The maximum atomic E-state index is 12.2. The van der Waals surface area contributed by atoms with Crippen molar-refractivity contribution in [1.82, 2.24) is 15.3 Å². The van der Waals surface area contributed by atoms with Gasteiger partial charge in [-0.15, -0.1) is 0 Å². The number of carbonyl (C=O) groups is 1. The van der Waals surface area contributed by atoms with Crippen LogP contribution in [0.2, 0.25) is 0 Å². The van der Waals surface area contributed by atoms with Crippen LogP contribution in [0.1, 0.15) is 35.8 Å². The monoisotopic (exact) mass is 341 g/mol. The van der Waals surface area contributed by atoms with Gasteiger partial charge in [0.1, 0.15) is 5.82 Å². The largest absolute Gasteiger partial charge is 0.454 e. The highest BCUT2D eigenvalue weighted by Gasteiger charge is 2.32. The van der Waals surface area contributed by atoms with Crippen molar-refractivity contribution in [3.63, 3.8) is 0 Å². The highest BCUT2D eigenvalue weighted by atomic mass is 16.7. The van der Waals surface area contributed by atoms with Gasteiger partial charge in [0, 0.05) is 18.0 Å². The lowest BCUT2D eigenvalue weighted by atomic mass is 9.78. The first-order chi connectivity index (χ1) is 12.1. The summed E-state index contributed by atoms with van der Waals surface area (Å²) in [5, 5.41) is 3.04.